The average Bonchev–Trinajstić information content (AvgIpc) is 2.18. The van der Waals surface area contributed by atoms with Crippen LogP contribution in [-0.2, 0) is 0 Å². The molecule has 0 spiro atoms. The van der Waals surface area contributed by atoms with Gasteiger partial charge < -0.3 is 4.74 Å². The van der Waals surface area contributed by atoms with Crippen LogP contribution in [0.25, 0.3) is 0 Å². The number of rotatable bonds is 3. The Morgan fingerprint density at radius 2 is 2.00 bits per heavy atom. The standard InChI is InChI=1S/C10H7Br2F3O2/c1-5(11)9(16)6-2-3-8(7(12)4-6)17-10(13,14)15/h2-5H,1H3. The Bertz CT molecular complexity index is 430. The molecule has 0 N–H and O–H groups in total. The van der Waals surface area contributed by atoms with E-state index in [1.165, 1.54) is 12.1 Å². The van der Waals surface area contributed by atoms with Gasteiger partial charge in [-0.15, -0.1) is 13.2 Å². The molecule has 17 heavy (non-hydrogen) atoms. The number of alkyl halides is 4. The van der Waals surface area contributed by atoms with Crippen molar-refractivity contribution in [3.05, 3.63) is 28.2 Å². The highest BCUT2D eigenvalue weighted by Crippen LogP contribution is 2.31. The van der Waals surface area contributed by atoms with Crippen LogP contribution in [0.1, 0.15) is 17.3 Å². The number of ether oxygens (including phenoxy) is 1. The van der Waals surface area contributed by atoms with Crippen LogP contribution in [0, 0.1) is 0 Å². The summed E-state index contributed by atoms with van der Waals surface area (Å²) >= 11 is 6.02. The van der Waals surface area contributed by atoms with Gasteiger partial charge in [0, 0.05) is 5.56 Å². The molecular formula is C10H7Br2F3O2. The summed E-state index contributed by atoms with van der Waals surface area (Å²) in [6.45, 7) is 1.64. The van der Waals surface area contributed by atoms with Crippen LogP contribution >= 0.6 is 31.9 Å². The summed E-state index contributed by atoms with van der Waals surface area (Å²) in [4.78, 5) is 11.2. The van der Waals surface area contributed by atoms with E-state index in [-0.39, 0.29) is 16.0 Å². The summed E-state index contributed by atoms with van der Waals surface area (Å²) in [6.07, 6.45) is -4.75. The predicted octanol–water partition coefficient (Wildman–Crippen LogP) is 4.31. The third kappa shape index (κ3) is 4.31. The summed E-state index contributed by atoms with van der Waals surface area (Å²) < 4.78 is 39.8. The van der Waals surface area contributed by atoms with Crippen molar-refractivity contribution < 1.29 is 22.7 Å². The molecule has 1 atom stereocenters. The van der Waals surface area contributed by atoms with Crippen molar-refractivity contribution in [2.75, 3.05) is 0 Å². The quantitative estimate of drug-likeness (QED) is 0.581. The molecule has 0 amide bonds. The summed E-state index contributed by atoms with van der Waals surface area (Å²) in [5.74, 6) is -0.597. The number of hydrogen-bond acceptors (Lipinski definition) is 2. The molecule has 0 aromatic heterocycles. The number of ketones is 1. The van der Waals surface area contributed by atoms with Gasteiger partial charge in [0.15, 0.2) is 5.78 Å². The van der Waals surface area contributed by atoms with E-state index in [0.717, 1.165) is 6.07 Å². The molecule has 7 heteroatoms. The lowest BCUT2D eigenvalue weighted by atomic mass is 10.1. The second-order valence-electron chi connectivity index (χ2n) is 3.17. The Kier molecular flexibility index (Phi) is 4.60. The molecule has 1 unspecified atom stereocenters. The number of carbonyl (C=O) groups is 1. The maximum atomic E-state index is 12.0. The van der Waals surface area contributed by atoms with Crippen LogP contribution in [0.15, 0.2) is 22.7 Å². The lowest BCUT2D eigenvalue weighted by molar-refractivity contribution is -0.274. The maximum absolute atomic E-state index is 12.0. The van der Waals surface area contributed by atoms with Gasteiger partial charge in [-0.2, -0.15) is 0 Å². The zero-order chi connectivity index (χ0) is 13.2. The molecule has 2 nitrogen and oxygen atoms in total. The minimum absolute atomic E-state index is 0.0776. The van der Waals surface area contributed by atoms with Gasteiger partial charge in [-0.25, -0.2) is 0 Å². The van der Waals surface area contributed by atoms with Crippen molar-refractivity contribution >= 4 is 37.6 Å². The first-order chi connectivity index (χ1) is 7.70. The van der Waals surface area contributed by atoms with Gasteiger partial charge in [0.2, 0.25) is 0 Å². The average molecular weight is 376 g/mol. The fourth-order valence-electron chi connectivity index (χ4n) is 1.09. The first kappa shape index (κ1) is 14.5. The van der Waals surface area contributed by atoms with Crippen LogP contribution in [0.5, 0.6) is 5.75 Å². The van der Waals surface area contributed by atoms with Crippen molar-refractivity contribution in [1.29, 1.82) is 0 Å². The Balaban J connectivity index is 2.98. The van der Waals surface area contributed by atoms with E-state index in [2.05, 4.69) is 36.6 Å². The molecule has 0 bridgehead atoms. The van der Waals surface area contributed by atoms with Gasteiger partial charge in [-0.3, -0.25) is 4.79 Å². The Labute approximate surface area is 112 Å². The van der Waals surface area contributed by atoms with Crippen molar-refractivity contribution in [3.8, 4) is 5.75 Å². The van der Waals surface area contributed by atoms with E-state index < -0.39 is 11.2 Å². The molecule has 0 fully saturated rings. The monoisotopic (exact) mass is 374 g/mol. The Morgan fingerprint density at radius 1 is 1.41 bits per heavy atom. The molecule has 0 saturated heterocycles. The van der Waals surface area contributed by atoms with Gasteiger partial charge in [0.25, 0.3) is 0 Å². The van der Waals surface area contributed by atoms with Gasteiger partial charge in [0.05, 0.1) is 9.30 Å². The smallest absolute Gasteiger partial charge is 0.405 e. The predicted molar refractivity (Wildman–Crippen MR) is 63.5 cm³/mol. The summed E-state index contributed by atoms with van der Waals surface area (Å²) in [7, 11) is 0. The summed E-state index contributed by atoms with van der Waals surface area (Å²) in [5, 5.41) is 0. The summed E-state index contributed by atoms with van der Waals surface area (Å²) in [6, 6.07) is 3.67. The van der Waals surface area contributed by atoms with Crippen LogP contribution in [-0.4, -0.2) is 17.0 Å². The number of Topliss-reactive ketones (excluding diaryl/α,β-unsaturated/α-hetero) is 1. The minimum atomic E-state index is -4.75. The highest BCUT2D eigenvalue weighted by Gasteiger charge is 2.32. The van der Waals surface area contributed by atoms with Crippen LogP contribution in [0.4, 0.5) is 13.2 Å². The first-order valence-corrected chi connectivity index (χ1v) is 6.15. The Hall–Kier alpha value is -0.560. The van der Waals surface area contributed by atoms with Crippen LogP contribution in [0.2, 0.25) is 0 Å². The number of benzene rings is 1. The van der Waals surface area contributed by atoms with E-state index in [4.69, 9.17) is 0 Å². The van der Waals surface area contributed by atoms with Gasteiger partial charge in [-0.1, -0.05) is 15.9 Å². The van der Waals surface area contributed by atoms with E-state index in [1.54, 1.807) is 6.92 Å². The van der Waals surface area contributed by atoms with E-state index >= 15 is 0 Å². The molecular weight excluding hydrogens is 369 g/mol. The maximum Gasteiger partial charge on any atom is 0.573 e. The summed E-state index contributed by atoms with van der Waals surface area (Å²) in [5.41, 5.74) is 0.302. The largest absolute Gasteiger partial charge is 0.573 e. The molecule has 0 heterocycles. The third-order valence-corrected chi connectivity index (χ3v) is 2.84. The normalized spacial score (nSPS) is 13.3. The topological polar surface area (TPSA) is 26.3 Å². The van der Waals surface area contributed by atoms with Crippen molar-refractivity contribution in [1.82, 2.24) is 0 Å². The van der Waals surface area contributed by atoms with Crippen molar-refractivity contribution in [3.63, 3.8) is 0 Å². The highest BCUT2D eigenvalue weighted by atomic mass is 79.9. The number of halogens is 5. The number of carbonyl (C=O) groups excluding carboxylic acids is 1. The molecule has 1 aromatic carbocycles. The fourth-order valence-corrected chi connectivity index (χ4v) is 1.82. The second kappa shape index (κ2) is 5.39. The van der Waals surface area contributed by atoms with E-state index in [9.17, 15) is 18.0 Å². The zero-order valence-electron chi connectivity index (χ0n) is 8.52. The lowest BCUT2D eigenvalue weighted by Gasteiger charge is -2.11. The first-order valence-electron chi connectivity index (χ1n) is 4.44. The zero-order valence-corrected chi connectivity index (χ0v) is 11.7. The molecule has 0 aliphatic rings. The molecule has 0 radical (unpaired) electrons. The Morgan fingerprint density at radius 3 is 2.41 bits per heavy atom. The van der Waals surface area contributed by atoms with E-state index in [1.807, 2.05) is 0 Å². The van der Waals surface area contributed by atoms with Gasteiger partial charge >= 0.3 is 6.36 Å². The molecule has 1 rings (SSSR count). The van der Waals surface area contributed by atoms with Crippen molar-refractivity contribution in [2.45, 2.75) is 18.1 Å². The second-order valence-corrected chi connectivity index (χ2v) is 5.40. The lowest BCUT2D eigenvalue weighted by Crippen LogP contribution is -2.17. The minimum Gasteiger partial charge on any atom is -0.405 e. The van der Waals surface area contributed by atoms with Gasteiger partial charge in [0.1, 0.15) is 5.75 Å². The molecule has 0 aliphatic heterocycles. The molecule has 0 saturated carbocycles. The van der Waals surface area contributed by atoms with Crippen LogP contribution < -0.4 is 4.74 Å². The molecule has 1 aromatic rings. The molecule has 94 valence electrons. The molecule has 0 aliphatic carbocycles. The SMILES string of the molecule is CC(Br)C(=O)c1ccc(OC(F)(F)F)c(Br)c1. The van der Waals surface area contributed by atoms with E-state index in [0.29, 0.717) is 5.56 Å². The van der Waals surface area contributed by atoms with Crippen molar-refractivity contribution in [2.24, 2.45) is 0 Å². The fraction of sp³-hybridized carbons (Fsp3) is 0.300. The van der Waals surface area contributed by atoms with Crippen LogP contribution in [0.3, 0.4) is 0 Å². The van der Waals surface area contributed by atoms with Gasteiger partial charge in [-0.05, 0) is 41.1 Å². The number of hydrogen-bond donors (Lipinski definition) is 0. The highest BCUT2D eigenvalue weighted by molar-refractivity contribution is 9.10. The third-order valence-electron chi connectivity index (χ3n) is 1.80.